The first kappa shape index (κ1) is 14.3. The number of fused-ring (bicyclic) bond motifs is 2. The molecule has 0 saturated carbocycles. The van der Waals surface area contributed by atoms with E-state index in [1.807, 2.05) is 30.3 Å². The molecule has 0 fully saturated rings. The molecule has 4 rings (SSSR count). The normalized spacial score (nSPS) is 13.8. The Morgan fingerprint density at radius 3 is 2.57 bits per heavy atom. The highest BCUT2D eigenvalue weighted by atomic mass is 19.1. The van der Waals surface area contributed by atoms with Crippen molar-refractivity contribution in [1.29, 1.82) is 0 Å². The van der Waals surface area contributed by atoms with Crippen LogP contribution in [0.1, 0.15) is 29.5 Å². The van der Waals surface area contributed by atoms with Gasteiger partial charge in [0.1, 0.15) is 5.82 Å². The van der Waals surface area contributed by atoms with Crippen LogP contribution in [0.3, 0.4) is 0 Å². The van der Waals surface area contributed by atoms with Crippen LogP contribution in [0, 0.1) is 5.82 Å². The number of benzene rings is 3. The zero-order valence-corrected chi connectivity index (χ0v) is 13.1. The topological polar surface area (TPSA) is 12.0 Å². The molecule has 1 N–H and O–H groups in total. The summed E-state index contributed by atoms with van der Waals surface area (Å²) in [4.78, 5) is 0. The molecule has 0 saturated heterocycles. The van der Waals surface area contributed by atoms with Gasteiger partial charge >= 0.3 is 0 Å². The summed E-state index contributed by atoms with van der Waals surface area (Å²) in [5.41, 5.74) is 5.31. The summed E-state index contributed by atoms with van der Waals surface area (Å²) < 4.78 is 13.9. The van der Waals surface area contributed by atoms with Crippen LogP contribution in [0.5, 0.6) is 0 Å². The highest BCUT2D eigenvalue weighted by Gasteiger charge is 2.13. The van der Waals surface area contributed by atoms with E-state index in [0.717, 1.165) is 23.9 Å². The van der Waals surface area contributed by atoms with Crippen LogP contribution >= 0.6 is 0 Å². The molecule has 3 aromatic carbocycles. The molecule has 0 unspecified atom stereocenters. The summed E-state index contributed by atoms with van der Waals surface area (Å²) in [6.07, 6.45) is 4.90. The van der Waals surface area contributed by atoms with Gasteiger partial charge in [-0.3, -0.25) is 0 Å². The van der Waals surface area contributed by atoms with Crippen molar-refractivity contribution in [2.45, 2.75) is 32.2 Å². The zero-order valence-electron chi connectivity index (χ0n) is 13.1. The molecule has 0 amide bonds. The molecule has 23 heavy (non-hydrogen) atoms. The Balaban J connectivity index is 1.64. The van der Waals surface area contributed by atoms with E-state index < -0.39 is 0 Å². The molecule has 0 bridgehead atoms. The third-order valence-corrected chi connectivity index (χ3v) is 4.83. The van der Waals surface area contributed by atoms with Crippen molar-refractivity contribution in [2.24, 2.45) is 0 Å². The van der Waals surface area contributed by atoms with E-state index in [1.165, 1.54) is 36.1 Å². The van der Waals surface area contributed by atoms with Crippen LogP contribution < -0.4 is 5.32 Å². The first-order chi connectivity index (χ1) is 11.3. The molecule has 0 spiro atoms. The van der Waals surface area contributed by atoms with Crippen LogP contribution in [-0.2, 0) is 19.4 Å². The standard InChI is InChI=1S/C21H20FN/c22-20-13-12-16(17-8-3-4-10-19(17)20)14-23-21-11-5-7-15-6-1-2-9-18(15)21/h3-5,7-8,10-13,23H,1-2,6,9,14H2. The van der Waals surface area contributed by atoms with Gasteiger partial charge in [0.15, 0.2) is 0 Å². The van der Waals surface area contributed by atoms with Gasteiger partial charge in [0.05, 0.1) is 0 Å². The van der Waals surface area contributed by atoms with Crippen molar-refractivity contribution in [3.63, 3.8) is 0 Å². The van der Waals surface area contributed by atoms with Crippen LogP contribution in [0.25, 0.3) is 10.8 Å². The first-order valence-electron chi connectivity index (χ1n) is 8.34. The van der Waals surface area contributed by atoms with Gasteiger partial charge in [-0.1, -0.05) is 42.5 Å². The summed E-state index contributed by atoms with van der Waals surface area (Å²) in [5.74, 6) is -0.151. The predicted octanol–water partition coefficient (Wildman–Crippen LogP) is 5.47. The largest absolute Gasteiger partial charge is 0.381 e. The Labute approximate surface area is 136 Å². The molecular weight excluding hydrogens is 285 g/mol. The van der Waals surface area contributed by atoms with E-state index in [2.05, 4.69) is 23.5 Å². The van der Waals surface area contributed by atoms with Crippen LogP contribution in [0.4, 0.5) is 10.1 Å². The highest BCUT2D eigenvalue weighted by molar-refractivity contribution is 5.86. The van der Waals surface area contributed by atoms with Crippen LogP contribution in [-0.4, -0.2) is 0 Å². The third kappa shape index (κ3) is 2.70. The van der Waals surface area contributed by atoms with Gasteiger partial charge in [-0.2, -0.15) is 0 Å². The van der Waals surface area contributed by atoms with Gasteiger partial charge in [-0.25, -0.2) is 4.39 Å². The fourth-order valence-corrected chi connectivity index (χ4v) is 3.62. The van der Waals surface area contributed by atoms with Crippen LogP contribution in [0.15, 0.2) is 54.6 Å². The molecular formula is C21H20FN. The fourth-order valence-electron chi connectivity index (χ4n) is 3.62. The van der Waals surface area contributed by atoms with E-state index in [0.29, 0.717) is 5.39 Å². The summed E-state index contributed by atoms with van der Waals surface area (Å²) in [7, 11) is 0. The monoisotopic (exact) mass is 305 g/mol. The number of aryl methyl sites for hydroxylation is 1. The number of hydrogen-bond donors (Lipinski definition) is 1. The number of rotatable bonds is 3. The second kappa shape index (κ2) is 6.04. The number of halogens is 1. The summed E-state index contributed by atoms with van der Waals surface area (Å²) >= 11 is 0. The van der Waals surface area contributed by atoms with Crippen molar-refractivity contribution in [2.75, 3.05) is 5.32 Å². The zero-order chi connectivity index (χ0) is 15.6. The van der Waals surface area contributed by atoms with Gasteiger partial charge in [-0.05, 0) is 59.9 Å². The van der Waals surface area contributed by atoms with Crippen molar-refractivity contribution in [3.05, 3.63) is 77.1 Å². The average Bonchev–Trinajstić information content (AvgIpc) is 2.61. The highest BCUT2D eigenvalue weighted by Crippen LogP contribution is 2.29. The second-order valence-electron chi connectivity index (χ2n) is 6.26. The Hall–Kier alpha value is -2.35. The first-order valence-corrected chi connectivity index (χ1v) is 8.34. The van der Waals surface area contributed by atoms with Crippen molar-refractivity contribution < 1.29 is 4.39 Å². The van der Waals surface area contributed by atoms with E-state index in [4.69, 9.17) is 0 Å². The molecule has 2 heteroatoms. The van der Waals surface area contributed by atoms with Crippen molar-refractivity contribution in [1.82, 2.24) is 0 Å². The SMILES string of the molecule is Fc1ccc(CNc2cccc3c2CCCC3)c2ccccc12. The minimum atomic E-state index is -0.151. The van der Waals surface area contributed by atoms with Crippen molar-refractivity contribution in [3.8, 4) is 0 Å². The summed E-state index contributed by atoms with van der Waals surface area (Å²) in [6, 6.07) is 17.7. The van der Waals surface area contributed by atoms with Crippen LogP contribution in [0.2, 0.25) is 0 Å². The quantitative estimate of drug-likeness (QED) is 0.676. The van der Waals surface area contributed by atoms with Crippen molar-refractivity contribution >= 4 is 16.5 Å². The molecule has 0 atom stereocenters. The summed E-state index contributed by atoms with van der Waals surface area (Å²) in [5, 5.41) is 5.26. The minimum absolute atomic E-state index is 0.151. The maximum Gasteiger partial charge on any atom is 0.131 e. The summed E-state index contributed by atoms with van der Waals surface area (Å²) in [6.45, 7) is 0.719. The molecule has 1 aliphatic carbocycles. The number of nitrogens with one attached hydrogen (secondary N) is 1. The second-order valence-corrected chi connectivity index (χ2v) is 6.26. The van der Waals surface area contributed by atoms with Gasteiger partial charge in [0.25, 0.3) is 0 Å². The molecule has 1 nitrogen and oxygen atoms in total. The Morgan fingerprint density at radius 2 is 1.65 bits per heavy atom. The lowest BCUT2D eigenvalue weighted by molar-refractivity contribution is 0.639. The molecule has 0 heterocycles. The van der Waals surface area contributed by atoms with E-state index in [-0.39, 0.29) is 5.82 Å². The molecule has 116 valence electrons. The smallest absolute Gasteiger partial charge is 0.131 e. The molecule has 1 aliphatic rings. The Morgan fingerprint density at radius 1 is 0.826 bits per heavy atom. The predicted molar refractivity (Wildman–Crippen MR) is 94.3 cm³/mol. The maximum atomic E-state index is 13.9. The molecule has 3 aromatic rings. The molecule has 0 aliphatic heterocycles. The lowest BCUT2D eigenvalue weighted by atomic mass is 9.90. The minimum Gasteiger partial charge on any atom is -0.381 e. The van der Waals surface area contributed by atoms with Gasteiger partial charge in [-0.15, -0.1) is 0 Å². The maximum absolute atomic E-state index is 13.9. The van der Waals surface area contributed by atoms with Gasteiger partial charge < -0.3 is 5.32 Å². The molecule has 0 aromatic heterocycles. The van der Waals surface area contributed by atoms with Gasteiger partial charge in [0.2, 0.25) is 0 Å². The number of hydrogen-bond acceptors (Lipinski definition) is 1. The molecule has 0 radical (unpaired) electrons. The number of anilines is 1. The lowest BCUT2D eigenvalue weighted by Gasteiger charge is -2.20. The lowest BCUT2D eigenvalue weighted by Crippen LogP contribution is -2.08. The van der Waals surface area contributed by atoms with E-state index >= 15 is 0 Å². The van der Waals surface area contributed by atoms with E-state index in [9.17, 15) is 4.39 Å². The average molecular weight is 305 g/mol. The van der Waals surface area contributed by atoms with Gasteiger partial charge in [0, 0.05) is 17.6 Å². The Bertz CT molecular complexity index is 854. The third-order valence-electron chi connectivity index (χ3n) is 4.83. The Kier molecular flexibility index (Phi) is 3.74. The fraction of sp³-hybridized carbons (Fsp3) is 0.238. The van der Waals surface area contributed by atoms with E-state index in [1.54, 1.807) is 6.07 Å².